The van der Waals surface area contributed by atoms with Crippen LogP contribution in [-0.2, 0) is 16.1 Å². The average molecular weight is 449 g/mol. The molecule has 31 heavy (non-hydrogen) atoms. The molecule has 0 radical (unpaired) electrons. The number of carbonyl (C=O) groups is 2. The van der Waals surface area contributed by atoms with Gasteiger partial charge in [0.2, 0.25) is 5.91 Å². The molecule has 8 heteroatoms. The molecule has 2 amide bonds. The molecular formula is C23H33ClN4O3. The molecule has 5 N–H and O–H groups in total. The number of nitrogens with two attached hydrogens (primary N) is 1. The molecular weight excluding hydrogens is 416 g/mol. The number of likely N-dealkylation sites (tertiary alicyclic amines) is 1. The molecule has 2 aliphatic carbocycles. The van der Waals surface area contributed by atoms with E-state index in [2.05, 4.69) is 5.32 Å². The van der Waals surface area contributed by atoms with Crippen molar-refractivity contribution in [3.63, 3.8) is 0 Å². The van der Waals surface area contributed by atoms with Crippen LogP contribution in [-0.4, -0.2) is 45.8 Å². The number of hydrogen-bond donors (Lipinski definition) is 4. The van der Waals surface area contributed by atoms with Gasteiger partial charge in [0.25, 0.3) is 5.91 Å². The lowest BCUT2D eigenvalue weighted by molar-refractivity contribution is -0.148. The number of amides is 2. The number of hydrogen-bond acceptors (Lipinski definition) is 4. The number of fused-ring (bicyclic) bond motifs is 1. The summed E-state index contributed by atoms with van der Waals surface area (Å²) in [6.07, 6.45) is 6.79. The number of piperidine rings is 1. The number of aliphatic hydroxyl groups is 1. The normalized spacial score (nSPS) is 25.8. The molecule has 3 atom stereocenters. The third-order valence-corrected chi connectivity index (χ3v) is 7.20. The van der Waals surface area contributed by atoms with E-state index in [-0.39, 0.29) is 36.0 Å². The highest BCUT2D eigenvalue weighted by atomic mass is 35.5. The first-order valence-electron chi connectivity index (χ1n) is 11.1. The maximum absolute atomic E-state index is 13.0. The van der Waals surface area contributed by atoms with E-state index in [1.54, 1.807) is 17.0 Å². The Labute approximate surface area is 189 Å². The topological polar surface area (TPSA) is 120 Å². The first kappa shape index (κ1) is 23.5. The van der Waals surface area contributed by atoms with Crippen LogP contribution in [0.1, 0.15) is 62.5 Å². The number of nitrogen functional groups attached to an aromatic ring is 1. The minimum Gasteiger partial charge on any atom is -0.384 e. The predicted molar refractivity (Wildman–Crippen MR) is 121 cm³/mol. The quantitative estimate of drug-likeness (QED) is 0.378. The van der Waals surface area contributed by atoms with Crippen LogP contribution in [0.3, 0.4) is 0 Å². The Bertz CT molecular complexity index is 825. The minimum atomic E-state index is -1.00. The fraction of sp³-hybridized carbons (Fsp3) is 0.609. The second kappa shape index (κ2) is 9.57. The molecule has 3 aliphatic rings. The summed E-state index contributed by atoms with van der Waals surface area (Å²) in [7, 11) is 0. The number of aliphatic hydroxyl groups excluding tert-OH is 1. The molecule has 0 bridgehead atoms. The van der Waals surface area contributed by atoms with E-state index in [1.807, 2.05) is 12.1 Å². The van der Waals surface area contributed by atoms with E-state index >= 15 is 0 Å². The molecule has 4 rings (SSSR count). The van der Waals surface area contributed by atoms with Gasteiger partial charge in [-0.2, -0.15) is 0 Å². The number of benzene rings is 1. The molecule has 3 fully saturated rings. The van der Waals surface area contributed by atoms with Gasteiger partial charge in [-0.05, 0) is 36.7 Å². The number of nitrogens with one attached hydrogen (secondary N) is 2. The van der Waals surface area contributed by atoms with Crippen molar-refractivity contribution >= 4 is 30.1 Å². The SMILES string of the molecule is Cl.N=C(N)c1ccc(CNC(=O)[C@]23C[C@H]2CCN3C(=O)[C@H](O)CC2CCCCC2)cc1. The third-order valence-electron chi connectivity index (χ3n) is 7.20. The van der Waals surface area contributed by atoms with Crippen LogP contribution in [0.5, 0.6) is 0 Å². The Morgan fingerprint density at radius 1 is 1.19 bits per heavy atom. The third kappa shape index (κ3) is 4.72. The summed E-state index contributed by atoms with van der Waals surface area (Å²) >= 11 is 0. The molecule has 1 heterocycles. The van der Waals surface area contributed by atoms with Crippen LogP contribution in [0, 0.1) is 17.2 Å². The molecule has 170 valence electrons. The lowest BCUT2D eigenvalue weighted by Gasteiger charge is -2.31. The lowest BCUT2D eigenvalue weighted by Crippen LogP contribution is -2.53. The number of nitrogens with zero attached hydrogens (tertiary/aromatic N) is 1. The molecule has 0 spiro atoms. The van der Waals surface area contributed by atoms with Gasteiger partial charge in [0, 0.05) is 18.7 Å². The smallest absolute Gasteiger partial charge is 0.252 e. The van der Waals surface area contributed by atoms with E-state index in [4.69, 9.17) is 11.1 Å². The first-order chi connectivity index (χ1) is 14.4. The molecule has 0 unspecified atom stereocenters. The van der Waals surface area contributed by atoms with Crippen LogP contribution in [0.25, 0.3) is 0 Å². The van der Waals surface area contributed by atoms with Gasteiger partial charge in [0.1, 0.15) is 17.5 Å². The van der Waals surface area contributed by atoms with Gasteiger partial charge < -0.3 is 21.1 Å². The van der Waals surface area contributed by atoms with Gasteiger partial charge >= 0.3 is 0 Å². The highest BCUT2D eigenvalue weighted by molar-refractivity contribution is 5.97. The maximum atomic E-state index is 13.0. The summed E-state index contributed by atoms with van der Waals surface area (Å²) in [6, 6.07) is 7.19. The van der Waals surface area contributed by atoms with E-state index in [1.165, 1.54) is 19.3 Å². The Balaban J connectivity index is 0.00000272. The fourth-order valence-corrected chi connectivity index (χ4v) is 5.34. The van der Waals surface area contributed by atoms with Crippen molar-refractivity contribution in [2.45, 2.75) is 69.6 Å². The second-order valence-corrected chi connectivity index (χ2v) is 9.15. The van der Waals surface area contributed by atoms with Gasteiger partial charge in [0.15, 0.2) is 0 Å². The molecule has 0 aromatic heterocycles. The Hall–Kier alpha value is -2.12. The molecule has 2 saturated carbocycles. The minimum absolute atomic E-state index is 0. The number of rotatable bonds is 7. The first-order valence-corrected chi connectivity index (χ1v) is 11.1. The van der Waals surface area contributed by atoms with Crippen LogP contribution in [0.4, 0.5) is 0 Å². The van der Waals surface area contributed by atoms with Gasteiger partial charge in [-0.15, -0.1) is 12.4 Å². The van der Waals surface area contributed by atoms with Gasteiger partial charge in [-0.3, -0.25) is 15.0 Å². The van der Waals surface area contributed by atoms with E-state index in [0.29, 0.717) is 37.4 Å². The number of halogens is 1. The highest BCUT2D eigenvalue weighted by Crippen LogP contribution is 2.56. The molecule has 1 saturated heterocycles. The van der Waals surface area contributed by atoms with Crippen molar-refractivity contribution in [1.29, 1.82) is 5.41 Å². The van der Waals surface area contributed by atoms with Crippen molar-refractivity contribution in [2.75, 3.05) is 6.54 Å². The van der Waals surface area contributed by atoms with E-state index in [0.717, 1.165) is 24.8 Å². The fourth-order valence-electron chi connectivity index (χ4n) is 5.34. The second-order valence-electron chi connectivity index (χ2n) is 9.15. The molecule has 1 aromatic rings. The summed E-state index contributed by atoms with van der Waals surface area (Å²) in [4.78, 5) is 27.7. The zero-order valence-electron chi connectivity index (χ0n) is 17.8. The Morgan fingerprint density at radius 3 is 2.48 bits per heavy atom. The number of amidine groups is 1. The summed E-state index contributed by atoms with van der Waals surface area (Å²) in [6.45, 7) is 0.907. The van der Waals surface area contributed by atoms with Crippen LogP contribution in [0.15, 0.2) is 24.3 Å². The summed E-state index contributed by atoms with van der Waals surface area (Å²) < 4.78 is 0. The van der Waals surface area contributed by atoms with Crippen molar-refractivity contribution in [3.8, 4) is 0 Å². The van der Waals surface area contributed by atoms with Gasteiger partial charge in [-0.25, -0.2) is 0 Å². The van der Waals surface area contributed by atoms with Gasteiger partial charge in [-0.1, -0.05) is 56.4 Å². The van der Waals surface area contributed by atoms with Crippen molar-refractivity contribution in [2.24, 2.45) is 17.6 Å². The summed E-state index contributed by atoms with van der Waals surface area (Å²) in [5.41, 5.74) is 6.26. The largest absolute Gasteiger partial charge is 0.384 e. The lowest BCUT2D eigenvalue weighted by atomic mass is 9.85. The van der Waals surface area contributed by atoms with Crippen LogP contribution < -0.4 is 11.1 Å². The van der Waals surface area contributed by atoms with E-state index < -0.39 is 11.6 Å². The molecule has 1 aliphatic heterocycles. The van der Waals surface area contributed by atoms with Crippen molar-refractivity contribution in [1.82, 2.24) is 10.2 Å². The maximum Gasteiger partial charge on any atom is 0.252 e. The summed E-state index contributed by atoms with van der Waals surface area (Å²) in [5, 5.41) is 21.0. The highest BCUT2D eigenvalue weighted by Gasteiger charge is 2.68. The van der Waals surface area contributed by atoms with Crippen LogP contribution in [0.2, 0.25) is 0 Å². The summed E-state index contributed by atoms with van der Waals surface area (Å²) in [5.74, 6) is 0.221. The van der Waals surface area contributed by atoms with Crippen molar-refractivity contribution < 1.29 is 14.7 Å². The number of carbonyl (C=O) groups excluding carboxylic acids is 2. The molecule has 1 aromatic carbocycles. The zero-order valence-corrected chi connectivity index (χ0v) is 18.6. The predicted octanol–water partition coefficient (Wildman–Crippen LogP) is 2.33. The Kier molecular flexibility index (Phi) is 7.27. The standard InChI is InChI=1S/C23H32N4O3.ClH/c24-20(25)17-8-6-16(7-9-17)14-26-22(30)23-13-18(23)10-11-27(23)21(29)19(28)12-15-4-2-1-3-5-15;/h6-9,15,18-19,28H,1-5,10-14H2,(H3,24,25)(H,26,30);1H/t18-,19-,23+;/m1./s1. The van der Waals surface area contributed by atoms with Gasteiger partial charge in [0.05, 0.1) is 0 Å². The van der Waals surface area contributed by atoms with Crippen LogP contribution >= 0.6 is 12.4 Å². The average Bonchev–Trinajstić information content (AvgIpc) is 3.37. The molecule has 7 nitrogen and oxygen atoms in total. The monoisotopic (exact) mass is 448 g/mol. The Morgan fingerprint density at radius 2 is 1.87 bits per heavy atom. The zero-order chi connectivity index (χ0) is 21.3. The van der Waals surface area contributed by atoms with Crippen molar-refractivity contribution in [3.05, 3.63) is 35.4 Å². The van der Waals surface area contributed by atoms with E-state index in [9.17, 15) is 14.7 Å².